The Morgan fingerprint density at radius 3 is 2.65 bits per heavy atom. The molecule has 1 aromatic carbocycles. The Morgan fingerprint density at radius 1 is 1.26 bits per heavy atom. The van der Waals surface area contributed by atoms with Crippen molar-refractivity contribution < 1.29 is 8.42 Å². The lowest BCUT2D eigenvalue weighted by Gasteiger charge is -2.21. The molecular formula is C15H13Cl2N3O2S. The summed E-state index contributed by atoms with van der Waals surface area (Å²) < 4.78 is 26.9. The first-order valence-electron chi connectivity index (χ1n) is 6.66. The van der Waals surface area contributed by atoms with E-state index in [4.69, 9.17) is 28.5 Å². The van der Waals surface area contributed by atoms with E-state index >= 15 is 0 Å². The smallest absolute Gasteiger partial charge is 0.244 e. The Labute approximate surface area is 145 Å². The first-order valence-corrected chi connectivity index (χ1v) is 8.86. The third-order valence-electron chi connectivity index (χ3n) is 3.07. The molecule has 0 saturated heterocycles. The van der Waals surface area contributed by atoms with Gasteiger partial charge in [-0.05, 0) is 29.8 Å². The summed E-state index contributed by atoms with van der Waals surface area (Å²) in [6.45, 7) is 0.170. The number of halogens is 2. The Kier molecular flexibility index (Phi) is 5.97. The van der Waals surface area contributed by atoms with Crippen LogP contribution in [-0.2, 0) is 16.6 Å². The molecular weight excluding hydrogens is 357 g/mol. The molecule has 0 amide bonds. The van der Waals surface area contributed by atoms with Crippen molar-refractivity contribution in [3.8, 4) is 6.07 Å². The van der Waals surface area contributed by atoms with Gasteiger partial charge < -0.3 is 0 Å². The van der Waals surface area contributed by atoms with Crippen LogP contribution in [0.4, 0.5) is 0 Å². The van der Waals surface area contributed by atoms with Crippen LogP contribution in [0, 0.1) is 11.3 Å². The molecule has 0 fully saturated rings. The molecule has 8 heteroatoms. The minimum atomic E-state index is -3.86. The van der Waals surface area contributed by atoms with E-state index in [1.807, 2.05) is 6.07 Å². The largest absolute Gasteiger partial charge is 0.264 e. The molecule has 0 radical (unpaired) electrons. The van der Waals surface area contributed by atoms with Gasteiger partial charge in [-0.3, -0.25) is 4.98 Å². The van der Waals surface area contributed by atoms with Gasteiger partial charge in [0.25, 0.3) is 0 Å². The summed E-state index contributed by atoms with van der Waals surface area (Å²) in [6, 6.07) is 9.65. The second-order valence-electron chi connectivity index (χ2n) is 4.68. The molecule has 0 aliphatic heterocycles. The SMILES string of the molecule is N#CCCN(Cc1cccnc1)S(=O)(=O)c1ccc(Cl)cc1Cl. The van der Waals surface area contributed by atoms with Crippen molar-refractivity contribution in [2.75, 3.05) is 6.54 Å². The summed E-state index contributed by atoms with van der Waals surface area (Å²) in [6.07, 6.45) is 3.26. The number of sulfonamides is 1. The molecule has 0 saturated carbocycles. The summed E-state index contributed by atoms with van der Waals surface area (Å²) in [5.41, 5.74) is 0.721. The summed E-state index contributed by atoms with van der Waals surface area (Å²) in [7, 11) is -3.86. The van der Waals surface area contributed by atoms with E-state index in [2.05, 4.69) is 4.98 Å². The van der Waals surface area contributed by atoms with Crippen molar-refractivity contribution in [1.29, 1.82) is 5.26 Å². The van der Waals surface area contributed by atoms with Crippen LogP contribution in [0.2, 0.25) is 10.0 Å². The fraction of sp³-hybridized carbons (Fsp3) is 0.200. The second kappa shape index (κ2) is 7.75. The summed E-state index contributed by atoms with van der Waals surface area (Å²) in [5.74, 6) is 0. The lowest BCUT2D eigenvalue weighted by molar-refractivity contribution is 0.413. The first-order chi connectivity index (χ1) is 10.9. The van der Waals surface area contributed by atoms with Crippen LogP contribution in [-0.4, -0.2) is 24.3 Å². The predicted octanol–water partition coefficient (Wildman–Crippen LogP) is 3.49. The number of benzene rings is 1. The van der Waals surface area contributed by atoms with Gasteiger partial charge in [0, 0.05) is 36.9 Å². The van der Waals surface area contributed by atoms with Gasteiger partial charge >= 0.3 is 0 Å². The molecule has 0 N–H and O–H groups in total. The van der Waals surface area contributed by atoms with Gasteiger partial charge in [0.15, 0.2) is 0 Å². The number of hydrogen-bond acceptors (Lipinski definition) is 4. The standard InChI is InChI=1S/C15H13Cl2N3O2S/c16-13-4-5-15(14(17)9-13)23(21,22)20(8-2-6-18)11-12-3-1-7-19-10-12/h1,3-5,7,9-10H,2,8,11H2. The molecule has 0 aliphatic rings. The highest BCUT2D eigenvalue weighted by Gasteiger charge is 2.26. The Balaban J connectivity index is 2.38. The number of rotatable bonds is 6. The number of nitrogens with zero attached hydrogens (tertiary/aromatic N) is 3. The van der Waals surface area contributed by atoms with Gasteiger partial charge in [0.05, 0.1) is 11.1 Å². The molecule has 2 rings (SSSR count). The van der Waals surface area contributed by atoms with Crippen molar-refractivity contribution >= 4 is 33.2 Å². The summed E-state index contributed by atoms with van der Waals surface area (Å²) in [4.78, 5) is 3.94. The van der Waals surface area contributed by atoms with E-state index in [9.17, 15) is 8.42 Å². The minimum Gasteiger partial charge on any atom is -0.264 e. The van der Waals surface area contributed by atoms with Crippen LogP contribution >= 0.6 is 23.2 Å². The van der Waals surface area contributed by atoms with Crippen molar-refractivity contribution in [1.82, 2.24) is 9.29 Å². The maximum absolute atomic E-state index is 12.8. The lowest BCUT2D eigenvalue weighted by Crippen LogP contribution is -2.31. The molecule has 0 atom stereocenters. The Bertz CT molecular complexity index is 820. The normalized spacial score (nSPS) is 11.4. The fourth-order valence-corrected chi connectivity index (χ4v) is 4.15. The van der Waals surface area contributed by atoms with Crippen LogP contribution in [0.25, 0.3) is 0 Å². The molecule has 0 unspecified atom stereocenters. The monoisotopic (exact) mass is 369 g/mol. The molecule has 0 spiro atoms. The van der Waals surface area contributed by atoms with E-state index in [0.717, 1.165) is 5.56 Å². The molecule has 0 bridgehead atoms. The predicted molar refractivity (Wildman–Crippen MR) is 88.5 cm³/mol. The van der Waals surface area contributed by atoms with Crippen LogP contribution in [0.5, 0.6) is 0 Å². The van der Waals surface area contributed by atoms with Crippen molar-refractivity contribution in [2.45, 2.75) is 17.9 Å². The van der Waals surface area contributed by atoms with E-state index < -0.39 is 10.0 Å². The highest BCUT2D eigenvalue weighted by molar-refractivity contribution is 7.89. The molecule has 1 heterocycles. The third kappa shape index (κ3) is 4.43. The van der Waals surface area contributed by atoms with E-state index in [0.29, 0.717) is 5.02 Å². The number of hydrogen-bond donors (Lipinski definition) is 0. The minimum absolute atomic E-state index is 0.0367. The maximum atomic E-state index is 12.8. The lowest BCUT2D eigenvalue weighted by atomic mass is 10.3. The second-order valence-corrected chi connectivity index (χ2v) is 7.43. The van der Waals surface area contributed by atoms with Gasteiger partial charge in [-0.25, -0.2) is 8.42 Å². The summed E-state index contributed by atoms with van der Waals surface area (Å²) in [5, 5.41) is 9.18. The van der Waals surface area contributed by atoms with E-state index in [1.165, 1.54) is 22.5 Å². The van der Waals surface area contributed by atoms with Gasteiger partial charge in [-0.1, -0.05) is 29.3 Å². The van der Waals surface area contributed by atoms with Crippen LogP contribution in [0.3, 0.4) is 0 Å². The van der Waals surface area contributed by atoms with Gasteiger partial charge in [0.2, 0.25) is 10.0 Å². The quantitative estimate of drug-likeness (QED) is 0.780. The van der Waals surface area contributed by atoms with Gasteiger partial charge in [-0.15, -0.1) is 0 Å². The Hall–Kier alpha value is -1.65. The molecule has 120 valence electrons. The van der Waals surface area contributed by atoms with E-state index in [-0.39, 0.29) is 29.4 Å². The van der Waals surface area contributed by atoms with Crippen molar-refractivity contribution in [3.63, 3.8) is 0 Å². The van der Waals surface area contributed by atoms with Gasteiger partial charge in [0.1, 0.15) is 4.90 Å². The van der Waals surface area contributed by atoms with Crippen molar-refractivity contribution in [3.05, 3.63) is 58.3 Å². The average molecular weight is 370 g/mol. The average Bonchev–Trinajstić information content (AvgIpc) is 2.52. The van der Waals surface area contributed by atoms with Crippen molar-refractivity contribution in [2.24, 2.45) is 0 Å². The van der Waals surface area contributed by atoms with Crippen LogP contribution in [0.1, 0.15) is 12.0 Å². The van der Waals surface area contributed by atoms with Crippen LogP contribution < -0.4 is 0 Å². The molecule has 5 nitrogen and oxygen atoms in total. The summed E-state index contributed by atoms with van der Waals surface area (Å²) >= 11 is 11.8. The number of nitriles is 1. The number of pyridine rings is 1. The fourth-order valence-electron chi connectivity index (χ4n) is 1.98. The zero-order valence-electron chi connectivity index (χ0n) is 12.0. The molecule has 1 aromatic heterocycles. The zero-order valence-corrected chi connectivity index (χ0v) is 14.3. The highest BCUT2D eigenvalue weighted by atomic mass is 35.5. The topological polar surface area (TPSA) is 74.1 Å². The third-order valence-corrected chi connectivity index (χ3v) is 5.63. The van der Waals surface area contributed by atoms with Gasteiger partial charge in [-0.2, -0.15) is 9.57 Å². The molecule has 23 heavy (non-hydrogen) atoms. The first kappa shape index (κ1) is 17.7. The van der Waals surface area contributed by atoms with Crippen LogP contribution in [0.15, 0.2) is 47.6 Å². The van der Waals surface area contributed by atoms with E-state index in [1.54, 1.807) is 24.5 Å². The maximum Gasteiger partial charge on any atom is 0.244 e. The highest BCUT2D eigenvalue weighted by Crippen LogP contribution is 2.28. The zero-order chi connectivity index (χ0) is 16.9. The Morgan fingerprint density at radius 2 is 2.04 bits per heavy atom. The molecule has 0 aliphatic carbocycles. The number of aromatic nitrogens is 1. The molecule has 2 aromatic rings.